The van der Waals surface area contributed by atoms with Crippen molar-refractivity contribution in [3.63, 3.8) is 0 Å². The number of hydrogen-bond donors (Lipinski definition) is 3. The van der Waals surface area contributed by atoms with Crippen molar-refractivity contribution in [3.05, 3.63) is 76.6 Å². The van der Waals surface area contributed by atoms with Gasteiger partial charge in [-0.3, -0.25) is 14.9 Å². The number of alkyl carbamates (subject to hydrolysis) is 1. The van der Waals surface area contributed by atoms with E-state index in [4.69, 9.17) is 9.47 Å². The minimum atomic E-state index is -0.590. The molecule has 3 aromatic rings. The Morgan fingerprint density at radius 1 is 0.950 bits per heavy atom. The summed E-state index contributed by atoms with van der Waals surface area (Å²) in [6.45, 7) is 7.78. The Balaban J connectivity index is 1.67. The molecule has 3 rings (SSSR count). The Hall–Kier alpha value is -4.67. The number of para-hydroxylation sites is 1. The molecule has 0 aliphatic heterocycles. The summed E-state index contributed by atoms with van der Waals surface area (Å²) in [7, 11) is 0. The van der Waals surface area contributed by atoms with Gasteiger partial charge in [0.2, 0.25) is 5.91 Å². The molecule has 0 radical (unpaired) electrons. The summed E-state index contributed by atoms with van der Waals surface area (Å²) in [5, 5.41) is 12.7. The third-order valence-electron chi connectivity index (χ3n) is 5.37. The smallest absolute Gasteiger partial charge is 0.411 e. The van der Waals surface area contributed by atoms with E-state index < -0.39 is 17.8 Å². The second-order valence-electron chi connectivity index (χ2n) is 9.89. The van der Waals surface area contributed by atoms with Gasteiger partial charge in [-0.2, -0.15) is 5.10 Å². The topological polar surface area (TPSA) is 141 Å². The molecule has 0 aliphatic carbocycles. The van der Waals surface area contributed by atoms with Crippen LogP contribution in [0.15, 0.2) is 65.5 Å². The predicted octanol–water partition coefficient (Wildman–Crippen LogP) is 4.77. The molecule has 0 spiro atoms. The van der Waals surface area contributed by atoms with Gasteiger partial charge in [0.05, 0.1) is 24.5 Å². The van der Waals surface area contributed by atoms with Crippen molar-refractivity contribution in [1.29, 1.82) is 0 Å². The molecule has 212 valence electrons. The lowest BCUT2D eigenvalue weighted by molar-refractivity contribution is -0.116. The first-order valence-electron chi connectivity index (χ1n) is 13.0. The Labute approximate surface area is 232 Å². The lowest BCUT2D eigenvalue weighted by Gasteiger charge is -2.19. The van der Waals surface area contributed by atoms with Crippen LogP contribution >= 0.6 is 0 Å². The molecule has 0 aliphatic rings. The van der Waals surface area contributed by atoms with Crippen LogP contribution < -0.4 is 21.5 Å². The highest BCUT2D eigenvalue weighted by atomic mass is 16.6. The first kappa shape index (κ1) is 29.9. The standard InChI is InChI=1S/C29H35N5O6/c1-5-39-28(38)31-21-11-8-10-20(18-21)19-34-26(36)16-15-24(33-34)22-12-6-7-13-23(22)32-25(35)14-9-17-30-27(37)40-29(2,3)4/h6-8,10-13,15-16,18H,5,9,14,17,19H2,1-4H3,(H,30,37)(H,31,38)(H,32,35). The van der Waals surface area contributed by atoms with Crippen LogP contribution in [0.5, 0.6) is 0 Å². The van der Waals surface area contributed by atoms with Crippen LogP contribution in [0.1, 0.15) is 46.1 Å². The molecule has 3 N–H and O–H groups in total. The summed E-state index contributed by atoms with van der Waals surface area (Å²) in [6, 6.07) is 17.2. The van der Waals surface area contributed by atoms with E-state index in [2.05, 4.69) is 21.0 Å². The average molecular weight is 550 g/mol. The van der Waals surface area contributed by atoms with Crippen LogP contribution in [0.4, 0.5) is 21.0 Å². The minimum Gasteiger partial charge on any atom is -0.450 e. The van der Waals surface area contributed by atoms with E-state index in [1.54, 1.807) is 70.2 Å². The minimum absolute atomic E-state index is 0.171. The van der Waals surface area contributed by atoms with Gasteiger partial charge in [-0.15, -0.1) is 0 Å². The number of ether oxygens (including phenoxy) is 2. The zero-order valence-corrected chi connectivity index (χ0v) is 23.2. The largest absolute Gasteiger partial charge is 0.450 e. The quantitative estimate of drug-likeness (QED) is 0.309. The van der Waals surface area contributed by atoms with Crippen LogP contribution in [0.2, 0.25) is 0 Å². The summed E-state index contributed by atoms with van der Waals surface area (Å²) >= 11 is 0. The zero-order valence-electron chi connectivity index (χ0n) is 23.2. The fraction of sp³-hybridized carbons (Fsp3) is 0.345. The van der Waals surface area contributed by atoms with Crippen molar-refractivity contribution in [2.75, 3.05) is 23.8 Å². The van der Waals surface area contributed by atoms with Crippen LogP contribution in [0.25, 0.3) is 11.3 Å². The molecule has 1 heterocycles. The number of aromatic nitrogens is 2. The normalized spacial score (nSPS) is 10.9. The van der Waals surface area contributed by atoms with E-state index in [0.717, 1.165) is 5.56 Å². The Morgan fingerprint density at radius 2 is 1.73 bits per heavy atom. The maximum atomic E-state index is 12.6. The molecule has 0 atom stereocenters. The van der Waals surface area contributed by atoms with E-state index in [1.807, 2.05) is 12.1 Å². The molecular formula is C29H35N5O6. The number of amides is 3. The van der Waals surface area contributed by atoms with Gasteiger partial charge in [-0.05, 0) is 63.9 Å². The molecular weight excluding hydrogens is 514 g/mol. The van der Waals surface area contributed by atoms with Gasteiger partial charge in [0.15, 0.2) is 0 Å². The third kappa shape index (κ3) is 9.57. The number of carbonyl (C=O) groups is 3. The summed E-state index contributed by atoms with van der Waals surface area (Å²) in [5.41, 5.74) is 2.10. The molecule has 0 bridgehead atoms. The Kier molecular flexibility index (Phi) is 10.4. The van der Waals surface area contributed by atoms with Gasteiger partial charge in [0.25, 0.3) is 5.56 Å². The Morgan fingerprint density at radius 3 is 2.48 bits per heavy atom. The van der Waals surface area contributed by atoms with Crippen LogP contribution in [-0.4, -0.2) is 46.6 Å². The summed E-state index contributed by atoms with van der Waals surface area (Å²) < 4.78 is 11.4. The highest BCUT2D eigenvalue weighted by Crippen LogP contribution is 2.26. The van der Waals surface area contributed by atoms with E-state index in [0.29, 0.717) is 35.6 Å². The van der Waals surface area contributed by atoms with Gasteiger partial charge in [0, 0.05) is 30.3 Å². The average Bonchev–Trinajstić information content (AvgIpc) is 2.88. The third-order valence-corrected chi connectivity index (χ3v) is 5.37. The Bertz CT molecular complexity index is 1400. The summed E-state index contributed by atoms with van der Waals surface area (Å²) in [6.07, 6.45) is -0.468. The molecule has 40 heavy (non-hydrogen) atoms. The van der Waals surface area contributed by atoms with Crippen molar-refractivity contribution in [1.82, 2.24) is 15.1 Å². The van der Waals surface area contributed by atoms with Gasteiger partial charge >= 0.3 is 12.2 Å². The molecule has 11 heteroatoms. The molecule has 1 aromatic heterocycles. The van der Waals surface area contributed by atoms with Crippen molar-refractivity contribution in [2.24, 2.45) is 0 Å². The first-order chi connectivity index (χ1) is 19.0. The number of anilines is 2. The van der Waals surface area contributed by atoms with E-state index in [9.17, 15) is 19.2 Å². The molecule has 11 nitrogen and oxygen atoms in total. The van der Waals surface area contributed by atoms with Gasteiger partial charge in [-0.25, -0.2) is 14.3 Å². The van der Waals surface area contributed by atoms with Gasteiger partial charge < -0.3 is 20.1 Å². The first-order valence-corrected chi connectivity index (χ1v) is 13.0. The van der Waals surface area contributed by atoms with Crippen molar-refractivity contribution >= 4 is 29.5 Å². The fourth-order valence-corrected chi connectivity index (χ4v) is 3.69. The van der Waals surface area contributed by atoms with Crippen LogP contribution in [0, 0.1) is 0 Å². The number of hydrogen-bond acceptors (Lipinski definition) is 7. The highest BCUT2D eigenvalue weighted by molar-refractivity contribution is 5.95. The lowest BCUT2D eigenvalue weighted by Crippen LogP contribution is -2.33. The molecule has 3 amide bonds. The highest BCUT2D eigenvalue weighted by Gasteiger charge is 2.16. The van der Waals surface area contributed by atoms with Crippen LogP contribution in [-0.2, 0) is 20.8 Å². The molecule has 0 unspecified atom stereocenters. The van der Waals surface area contributed by atoms with Gasteiger partial charge in [0.1, 0.15) is 5.60 Å². The summed E-state index contributed by atoms with van der Waals surface area (Å²) in [4.78, 5) is 48.7. The van der Waals surface area contributed by atoms with Crippen molar-refractivity contribution in [2.45, 2.75) is 52.7 Å². The second kappa shape index (κ2) is 13.9. The fourth-order valence-electron chi connectivity index (χ4n) is 3.69. The van der Waals surface area contributed by atoms with Crippen molar-refractivity contribution in [3.8, 4) is 11.3 Å². The predicted molar refractivity (Wildman–Crippen MR) is 152 cm³/mol. The monoisotopic (exact) mass is 549 g/mol. The number of benzene rings is 2. The van der Waals surface area contributed by atoms with E-state index in [1.165, 1.54) is 10.7 Å². The van der Waals surface area contributed by atoms with Crippen LogP contribution in [0.3, 0.4) is 0 Å². The maximum Gasteiger partial charge on any atom is 0.411 e. The molecule has 0 saturated carbocycles. The van der Waals surface area contributed by atoms with Gasteiger partial charge in [-0.1, -0.05) is 30.3 Å². The summed E-state index contributed by atoms with van der Waals surface area (Å²) in [5.74, 6) is -0.224. The SMILES string of the molecule is CCOC(=O)Nc1cccc(Cn2nc(-c3ccccc3NC(=O)CCCNC(=O)OC(C)(C)C)ccc2=O)c1. The number of nitrogens with one attached hydrogen (secondary N) is 3. The lowest BCUT2D eigenvalue weighted by atomic mass is 10.1. The second-order valence-corrected chi connectivity index (χ2v) is 9.89. The number of nitrogens with zero attached hydrogens (tertiary/aromatic N) is 2. The molecule has 0 saturated heterocycles. The molecule has 2 aromatic carbocycles. The number of carbonyl (C=O) groups excluding carboxylic acids is 3. The van der Waals surface area contributed by atoms with E-state index in [-0.39, 0.29) is 31.0 Å². The zero-order chi connectivity index (χ0) is 29.1. The number of rotatable bonds is 10. The maximum absolute atomic E-state index is 12.6. The molecule has 0 fully saturated rings. The van der Waals surface area contributed by atoms with Crippen molar-refractivity contribution < 1.29 is 23.9 Å². The van der Waals surface area contributed by atoms with E-state index >= 15 is 0 Å².